The van der Waals surface area contributed by atoms with E-state index in [9.17, 15) is 9.59 Å². The Hall–Kier alpha value is -1.26. The molecule has 0 aromatic heterocycles. The molecule has 0 aromatic rings. The predicted molar refractivity (Wildman–Crippen MR) is 39.1 cm³/mol. The van der Waals surface area contributed by atoms with Crippen molar-refractivity contribution in [3.63, 3.8) is 0 Å². The van der Waals surface area contributed by atoms with Gasteiger partial charge < -0.3 is 15.6 Å². The molecule has 11 heavy (non-hydrogen) atoms. The fourth-order valence-electron chi connectivity index (χ4n) is 0.214. The molecule has 3 N–H and O–H groups in total. The number of carbonyl (C=O) groups is 2. The van der Waals surface area contributed by atoms with E-state index >= 15 is 0 Å². The molecular weight excluding hydrogens is 150 g/mol. The zero-order valence-corrected chi connectivity index (χ0v) is 6.66. The number of nitrogens with two attached hydrogens (primary N) is 1. The SMILES string of the molecule is CCCC(=O)O.COC(N)=O. The Morgan fingerprint density at radius 1 is 1.55 bits per heavy atom. The van der Waals surface area contributed by atoms with E-state index < -0.39 is 12.1 Å². The van der Waals surface area contributed by atoms with Crippen molar-refractivity contribution >= 4 is 12.1 Å². The fraction of sp³-hybridized carbons (Fsp3) is 0.667. The molecule has 5 nitrogen and oxygen atoms in total. The highest BCUT2D eigenvalue weighted by Crippen LogP contribution is 1.82. The molecule has 0 heterocycles. The smallest absolute Gasteiger partial charge is 0.404 e. The summed E-state index contributed by atoms with van der Waals surface area (Å²) < 4.78 is 3.89. The Morgan fingerprint density at radius 2 is 1.91 bits per heavy atom. The van der Waals surface area contributed by atoms with E-state index in [2.05, 4.69) is 10.5 Å². The lowest BCUT2D eigenvalue weighted by Gasteiger charge is -1.81. The third-order valence-corrected chi connectivity index (χ3v) is 0.665. The van der Waals surface area contributed by atoms with Gasteiger partial charge in [-0.15, -0.1) is 0 Å². The van der Waals surface area contributed by atoms with Crippen LogP contribution in [0.3, 0.4) is 0 Å². The molecule has 0 spiro atoms. The highest BCUT2D eigenvalue weighted by Gasteiger charge is 1.87. The van der Waals surface area contributed by atoms with Crippen LogP contribution in [0.15, 0.2) is 0 Å². The summed E-state index contributed by atoms with van der Waals surface area (Å²) in [7, 11) is 1.22. The van der Waals surface area contributed by atoms with Crippen LogP contribution in [-0.4, -0.2) is 24.3 Å². The summed E-state index contributed by atoms with van der Waals surface area (Å²) in [6.07, 6.45) is 0.278. The molecule has 0 saturated heterocycles. The Bertz CT molecular complexity index is 124. The second-order valence-electron chi connectivity index (χ2n) is 1.67. The van der Waals surface area contributed by atoms with Crippen molar-refractivity contribution in [2.45, 2.75) is 19.8 Å². The minimum atomic E-state index is -0.745. The first-order chi connectivity index (χ1) is 5.04. The van der Waals surface area contributed by atoms with E-state index in [-0.39, 0.29) is 0 Å². The number of methoxy groups -OCH3 is 1. The third-order valence-electron chi connectivity index (χ3n) is 0.665. The molecule has 66 valence electrons. The minimum absolute atomic E-state index is 0.292. The number of aliphatic carboxylic acids is 1. The van der Waals surface area contributed by atoms with Gasteiger partial charge in [0.1, 0.15) is 0 Å². The second kappa shape index (κ2) is 8.74. The summed E-state index contributed by atoms with van der Waals surface area (Å²) in [6, 6.07) is 0. The molecule has 0 aliphatic heterocycles. The van der Waals surface area contributed by atoms with Gasteiger partial charge in [-0.25, -0.2) is 4.79 Å². The number of carboxylic acids is 1. The maximum Gasteiger partial charge on any atom is 0.404 e. The molecule has 0 atom stereocenters. The first-order valence-corrected chi connectivity index (χ1v) is 3.09. The van der Waals surface area contributed by atoms with E-state index in [1.165, 1.54) is 7.11 Å². The summed E-state index contributed by atoms with van der Waals surface area (Å²) in [5.41, 5.74) is 4.43. The van der Waals surface area contributed by atoms with E-state index in [1.807, 2.05) is 6.92 Å². The number of hydrogen-bond donors (Lipinski definition) is 2. The number of primary amides is 1. The number of carbonyl (C=O) groups excluding carboxylic acids is 1. The molecule has 0 aliphatic rings. The molecule has 0 fully saturated rings. The van der Waals surface area contributed by atoms with Crippen LogP contribution in [0, 0.1) is 0 Å². The first kappa shape index (κ1) is 12.4. The Morgan fingerprint density at radius 3 is 1.91 bits per heavy atom. The van der Waals surface area contributed by atoms with Gasteiger partial charge in [0.15, 0.2) is 0 Å². The second-order valence-corrected chi connectivity index (χ2v) is 1.67. The average Bonchev–Trinajstić information content (AvgIpc) is 1.89. The van der Waals surface area contributed by atoms with Crippen molar-refractivity contribution < 1.29 is 19.4 Å². The normalized spacial score (nSPS) is 7.45. The first-order valence-electron chi connectivity index (χ1n) is 3.09. The van der Waals surface area contributed by atoms with Crippen molar-refractivity contribution in [3.8, 4) is 0 Å². The number of hydrogen-bond acceptors (Lipinski definition) is 3. The van der Waals surface area contributed by atoms with E-state index in [1.54, 1.807) is 0 Å². The summed E-state index contributed by atoms with van der Waals surface area (Å²) in [6.45, 7) is 1.84. The van der Waals surface area contributed by atoms with Crippen LogP contribution in [-0.2, 0) is 9.53 Å². The Balaban J connectivity index is 0. The molecule has 1 amide bonds. The highest BCUT2D eigenvalue weighted by atomic mass is 16.5. The fourth-order valence-corrected chi connectivity index (χ4v) is 0.214. The van der Waals surface area contributed by atoms with Crippen LogP contribution in [0.4, 0.5) is 4.79 Å². The van der Waals surface area contributed by atoms with E-state index in [4.69, 9.17) is 5.11 Å². The minimum Gasteiger partial charge on any atom is -0.481 e. The zero-order chi connectivity index (χ0) is 9.28. The monoisotopic (exact) mass is 163 g/mol. The third kappa shape index (κ3) is 28.4. The maximum atomic E-state index is 9.60. The van der Waals surface area contributed by atoms with Gasteiger partial charge in [-0.2, -0.15) is 0 Å². The van der Waals surface area contributed by atoms with Gasteiger partial charge in [0.05, 0.1) is 7.11 Å². The summed E-state index contributed by atoms with van der Waals surface area (Å²) in [4.78, 5) is 19.0. The van der Waals surface area contributed by atoms with Crippen LogP contribution in [0.1, 0.15) is 19.8 Å². The molecule has 0 unspecified atom stereocenters. The number of rotatable bonds is 2. The van der Waals surface area contributed by atoms with E-state index in [0.717, 1.165) is 6.42 Å². The van der Waals surface area contributed by atoms with Crippen LogP contribution < -0.4 is 5.73 Å². The van der Waals surface area contributed by atoms with E-state index in [0.29, 0.717) is 6.42 Å². The van der Waals surface area contributed by atoms with Crippen molar-refractivity contribution in [3.05, 3.63) is 0 Å². The number of carboxylic acid groups (broad SMARTS) is 1. The molecule has 0 aromatic carbocycles. The maximum absolute atomic E-state index is 9.60. The van der Waals surface area contributed by atoms with Gasteiger partial charge in [0, 0.05) is 6.42 Å². The number of amides is 1. The van der Waals surface area contributed by atoms with Crippen molar-refractivity contribution in [1.82, 2.24) is 0 Å². The van der Waals surface area contributed by atoms with Gasteiger partial charge in [-0.1, -0.05) is 6.92 Å². The zero-order valence-electron chi connectivity index (χ0n) is 6.66. The average molecular weight is 163 g/mol. The quantitative estimate of drug-likeness (QED) is 0.623. The molecule has 0 rings (SSSR count). The highest BCUT2D eigenvalue weighted by molar-refractivity contribution is 5.66. The van der Waals surface area contributed by atoms with Crippen LogP contribution in [0.2, 0.25) is 0 Å². The Labute approximate surface area is 65.1 Å². The van der Waals surface area contributed by atoms with Gasteiger partial charge in [0.2, 0.25) is 0 Å². The molecule has 0 aliphatic carbocycles. The number of ether oxygens (including phenoxy) is 1. The summed E-state index contributed by atoms with van der Waals surface area (Å²) >= 11 is 0. The van der Waals surface area contributed by atoms with Gasteiger partial charge in [-0.05, 0) is 6.42 Å². The largest absolute Gasteiger partial charge is 0.481 e. The molecule has 0 saturated carbocycles. The topological polar surface area (TPSA) is 89.6 Å². The summed E-state index contributed by atoms with van der Waals surface area (Å²) in [5, 5.41) is 7.91. The van der Waals surface area contributed by atoms with Crippen LogP contribution in [0.25, 0.3) is 0 Å². The van der Waals surface area contributed by atoms with Crippen molar-refractivity contribution in [2.75, 3.05) is 7.11 Å². The van der Waals surface area contributed by atoms with Crippen LogP contribution in [0.5, 0.6) is 0 Å². The van der Waals surface area contributed by atoms with Gasteiger partial charge in [-0.3, -0.25) is 4.79 Å². The molecular formula is C6H13NO4. The van der Waals surface area contributed by atoms with Crippen molar-refractivity contribution in [1.29, 1.82) is 0 Å². The Kier molecular flexibility index (Phi) is 9.87. The lowest BCUT2D eigenvalue weighted by Crippen LogP contribution is -2.08. The lowest BCUT2D eigenvalue weighted by molar-refractivity contribution is -0.137. The summed E-state index contributed by atoms with van der Waals surface area (Å²) in [5.74, 6) is -0.711. The van der Waals surface area contributed by atoms with Crippen molar-refractivity contribution in [2.24, 2.45) is 5.73 Å². The van der Waals surface area contributed by atoms with Crippen LogP contribution >= 0.6 is 0 Å². The standard InChI is InChI=1S/C4H8O2.C2H5NO2/c1-2-3-4(5)6;1-5-2(3)4/h2-3H2,1H3,(H,5,6);1H3,(H2,3,4). The molecule has 0 bridgehead atoms. The predicted octanol–water partition coefficient (Wildman–Crippen LogP) is 0.583. The molecule has 5 heteroatoms. The van der Waals surface area contributed by atoms with Gasteiger partial charge in [0.25, 0.3) is 0 Å². The van der Waals surface area contributed by atoms with Gasteiger partial charge >= 0.3 is 12.1 Å². The lowest BCUT2D eigenvalue weighted by atomic mass is 10.4. The molecule has 0 radical (unpaired) electrons.